The van der Waals surface area contributed by atoms with Crippen LogP contribution in [0.5, 0.6) is 0 Å². The lowest BCUT2D eigenvalue weighted by Crippen LogP contribution is -2.31. The van der Waals surface area contributed by atoms with E-state index in [0.717, 1.165) is 0 Å². The van der Waals surface area contributed by atoms with Gasteiger partial charge in [-0.2, -0.15) is 0 Å². The molecule has 1 rings (SSSR count). The van der Waals surface area contributed by atoms with E-state index < -0.39 is 5.82 Å². The highest BCUT2D eigenvalue weighted by molar-refractivity contribution is 9.10. The molecule has 0 saturated heterocycles. The third kappa shape index (κ3) is 4.18. The monoisotopic (exact) mass is 288 g/mol. The minimum Gasteiger partial charge on any atom is -0.338 e. The van der Waals surface area contributed by atoms with Gasteiger partial charge in [-0.25, -0.2) is 9.18 Å². The average molecular weight is 289 g/mol. The van der Waals surface area contributed by atoms with Gasteiger partial charge in [-0.05, 0) is 40.0 Å². The number of amides is 2. The van der Waals surface area contributed by atoms with E-state index in [0.29, 0.717) is 22.6 Å². The predicted octanol–water partition coefficient (Wildman–Crippen LogP) is 3.37. The molecule has 0 atom stereocenters. The van der Waals surface area contributed by atoms with Crippen LogP contribution in [0.1, 0.15) is 13.8 Å². The lowest BCUT2D eigenvalue weighted by atomic mass is 10.2. The summed E-state index contributed by atoms with van der Waals surface area (Å²) in [5, 5.41) is 5.23. The standard InChI is InChI=1S/C11H14BrFN2O/c1-7(2)6-14-11(16)15-8-3-4-9(12)10(13)5-8/h3-5,7H,6H2,1-2H3,(H2,14,15,16). The van der Waals surface area contributed by atoms with Gasteiger partial charge in [0.25, 0.3) is 0 Å². The summed E-state index contributed by atoms with van der Waals surface area (Å²) in [6.45, 7) is 4.59. The second-order valence-electron chi connectivity index (χ2n) is 3.86. The van der Waals surface area contributed by atoms with Crippen molar-refractivity contribution in [1.29, 1.82) is 0 Å². The highest BCUT2D eigenvalue weighted by Crippen LogP contribution is 2.19. The summed E-state index contributed by atoms with van der Waals surface area (Å²) < 4.78 is 13.5. The predicted molar refractivity (Wildman–Crippen MR) is 66.0 cm³/mol. The van der Waals surface area contributed by atoms with Crippen LogP contribution in [-0.2, 0) is 0 Å². The van der Waals surface area contributed by atoms with Crippen LogP contribution < -0.4 is 10.6 Å². The first-order valence-electron chi connectivity index (χ1n) is 4.99. The van der Waals surface area contributed by atoms with E-state index in [-0.39, 0.29) is 6.03 Å². The zero-order valence-electron chi connectivity index (χ0n) is 9.18. The Morgan fingerprint density at radius 2 is 2.19 bits per heavy atom. The molecule has 1 aromatic rings. The number of benzene rings is 1. The van der Waals surface area contributed by atoms with Crippen LogP contribution in [-0.4, -0.2) is 12.6 Å². The fourth-order valence-electron chi connectivity index (χ4n) is 1.05. The third-order valence-corrected chi connectivity index (χ3v) is 2.49. The summed E-state index contributed by atoms with van der Waals surface area (Å²) in [6.07, 6.45) is 0. The van der Waals surface area contributed by atoms with Crippen molar-refractivity contribution in [1.82, 2.24) is 5.32 Å². The van der Waals surface area contributed by atoms with Gasteiger partial charge >= 0.3 is 6.03 Å². The molecule has 0 aliphatic rings. The summed E-state index contributed by atoms with van der Waals surface area (Å²) in [7, 11) is 0. The molecule has 16 heavy (non-hydrogen) atoms. The molecule has 2 N–H and O–H groups in total. The molecule has 0 aliphatic carbocycles. The number of anilines is 1. The SMILES string of the molecule is CC(C)CNC(=O)Nc1ccc(Br)c(F)c1. The maximum absolute atomic E-state index is 13.1. The molecule has 0 fully saturated rings. The minimum absolute atomic E-state index is 0.324. The van der Waals surface area contributed by atoms with E-state index in [1.54, 1.807) is 12.1 Å². The van der Waals surface area contributed by atoms with Gasteiger partial charge in [0, 0.05) is 12.2 Å². The smallest absolute Gasteiger partial charge is 0.319 e. The highest BCUT2D eigenvalue weighted by Gasteiger charge is 2.04. The van der Waals surface area contributed by atoms with E-state index in [1.165, 1.54) is 6.07 Å². The number of hydrogen-bond acceptors (Lipinski definition) is 1. The summed E-state index contributed by atoms with van der Waals surface area (Å²) in [4.78, 5) is 11.4. The maximum atomic E-state index is 13.1. The number of nitrogens with one attached hydrogen (secondary N) is 2. The van der Waals surface area contributed by atoms with Crippen molar-refractivity contribution in [2.24, 2.45) is 5.92 Å². The molecule has 0 radical (unpaired) electrons. The molecular weight excluding hydrogens is 275 g/mol. The van der Waals surface area contributed by atoms with Crippen molar-refractivity contribution in [2.45, 2.75) is 13.8 Å². The van der Waals surface area contributed by atoms with Crippen molar-refractivity contribution in [2.75, 3.05) is 11.9 Å². The van der Waals surface area contributed by atoms with Crippen LogP contribution in [0.15, 0.2) is 22.7 Å². The van der Waals surface area contributed by atoms with Crippen molar-refractivity contribution in [3.63, 3.8) is 0 Å². The van der Waals surface area contributed by atoms with Gasteiger partial charge in [-0.1, -0.05) is 13.8 Å². The molecule has 0 bridgehead atoms. The van der Waals surface area contributed by atoms with Crippen LogP contribution in [0.2, 0.25) is 0 Å². The first-order chi connectivity index (χ1) is 7.49. The maximum Gasteiger partial charge on any atom is 0.319 e. The molecule has 0 aromatic heterocycles. The average Bonchev–Trinajstić information content (AvgIpc) is 2.21. The summed E-state index contributed by atoms with van der Waals surface area (Å²) >= 11 is 3.04. The van der Waals surface area contributed by atoms with Crippen molar-refractivity contribution >= 4 is 27.6 Å². The molecule has 0 unspecified atom stereocenters. The molecular formula is C11H14BrFN2O. The van der Waals surface area contributed by atoms with Gasteiger partial charge in [0.2, 0.25) is 0 Å². The van der Waals surface area contributed by atoms with E-state index in [9.17, 15) is 9.18 Å². The van der Waals surface area contributed by atoms with E-state index in [1.807, 2.05) is 13.8 Å². The van der Waals surface area contributed by atoms with Gasteiger partial charge in [0.1, 0.15) is 5.82 Å². The molecule has 1 aromatic carbocycles. The van der Waals surface area contributed by atoms with Crippen LogP contribution in [0.3, 0.4) is 0 Å². The normalized spacial score (nSPS) is 10.3. The second kappa shape index (κ2) is 5.84. The number of carbonyl (C=O) groups is 1. The van der Waals surface area contributed by atoms with Gasteiger partial charge < -0.3 is 10.6 Å². The van der Waals surface area contributed by atoms with Crippen LogP contribution >= 0.6 is 15.9 Å². The van der Waals surface area contributed by atoms with Crippen molar-refractivity contribution < 1.29 is 9.18 Å². The fourth-order valence-corrected chi connectivity index (χ4v) is 1.29. The van der Waals surface area contributed by atoms with Crippen LogP contribution in [0.4, 0.5) is 14.9 Å². The summed E-state index contributed by atoms with van der Waals surface area (Å²) in [5.74, 6) is -0.0194. The van der Waals surface area contributed by atoms with Crippen molar-refractivity contribution in [3.05, 3.63) is 28.5 Å². The van der Waals surface area contributed by atoms with Crippen LogP contribution in [0.25, 0.3) is 0 Å². The molecule has 0 aliphatic heterocycles. The Bertz CT molecular complexity index is 382. The zero-order chi connectivity index (χ0) is 12.1. The second-order valence-corrected chi connectivity index (χ2v) is 4.71. The summed E-state index contributed by atoms with van der Waals surface area (Å²) in [6, 6.07) is 4.12. The van der Waals surface area contributed by atoms with E-state index in [2.05, 4.69) is 26.6 Å². The van der Waals surface area contributed by atoms with E-state index >= 15 is 0 Å². The fraction of sp³-hybridized carbons (Fsp3) is 0.364. The highest BCUT2D eigenvalue weighted by atomic mass is 79.9. The molecule has 0 spiro atoms. The Morgan fingerprint density at radius 1 is 1.50 bits per heavy atom. The lowest BCUT2D eigenvalue weighted by molar-refractivity contribution is 0.251. The third-order valence-electron chi connectivity index (χ3n) is 1.85. The molecule has 3 nitrogen and oxygen atoms in total. The Labute approximate surface area is 103 Å². The molecule has 5 heteroatoms. The van der Waals surface area contributed by atoms with E-state index in [4.69, 9.17) is 0 Å². The Kier molecular flexibility index (Phi) is 4.73. The first-order valence-corrected chi connectivity index (χ1v) is 5.78. The van der Waals surface area contributed by atoms with Crippen molar-refractivity contribution in [3.8, 4) is 0 Å². The Morgan fingerprint density at radius 3 is 2.75 bits per heavy atom. The molecule has 0 heterocycles. The summed E-state index contributed by atoms with van der Waals surface area (Å²) in [5.41, 5.74) is 0.432. The van der Waals surface area contributed by atoms with Gasteiger partial charge in [-0.3, -0.25) is 0 Å². The number of hydrogen-bond donors (Lipinski definition) is 2. The lowest BCUT2D eigenvalue weighted by Gasteiger charge is -2.09. The van der Waals surface area contributed by atoms with Gasteiger partial charge in [0.15, 0.2) is 0 Å². The van der Waals surface area contributed by atoms with Gasteiger partial charge in [0.05, 0.1) is 4.47 Å². The zero-order valence-corrected chi connectivity index (χ0v) is 10.8. The quantitative estimate of drug-likeness (QED) is 0.880. The molecule has 2 amide bonds. The Hall–Kier alpha value is -1.10. The van der Waals surface area contributed by atoms with Gasteiger partial charge in [-0.15, -0.1) is 0 Å². The topological polar surface area (TPSA) is 41.1 Å². The number of carbonyl (C=O) groups excluding carboxylic acids is 1. The number of halogens is 2. The van der Waals surface area contributed by atoms with Crippen LogP contribution in [0, 0.1) is 11.7 Å². The largest absolute Gasteiger partial charge is 0.338 e. The number of rotatable bonds is 3. The minimum atomic E-state index is -0.401. The number of urea groups is 1. The Balaban J connectivity index is 2.53. The molecule has 88 valence electrons. The molecule has 0 saturated carbocycles. The first kappa shape index (κ1) is 13.0.